The van der Waals surface area contributed by atoms with Crippen molar-refractivity contribution >= 4 is 21.4 Å². The van der Waals surface area contributed by atoms with Gasteiger partial charge in [0.1, 0.15) is 0 Å². The molecule has 4 nitrogen and oxygen atoms in total. The summed E-state index contributed by atoms with van der Waals surface area (Å²) in [6.45, 7) is 4.23. The number of nitrogens with zero attached hydrogens (tertiary/aromatic N) is 1. The van der Waals surface area contributed by atoms with Crippen LogP contribution in [0, 0.1) is 13.8 Å². The van der Waals surface area contributed by atoms with E-state index in [1.807, 2.05) is 38.1 Å². The Hall–Kier alpha value is -2.01. The molecular weight excluding hydrogens is 284 g/mol. The molecule has 2 N–H and O–H groups in total. The van der Waals surface area contributed by atoms with Gasteiger partial charge in [-0.3, -0.25) is 4.31 Å². The number of hydrogen-bond acceptors (Lipinski definition) is 3. The van der Waals surface area contributed by atoms with Gasteiger partial charge in [-0.25, -0.2) is 8.42 Å². The van der Waals surface area contributed by atoms with Crippen molar-refractivity contribution in [2.75, 3.05) is 16.6 Å². The van der Waals surface area contributed by atoms with E-state index in [1.165, 1.54) is 4.31 Å². The molecule has 0 spiro atoms. The highest BCUT2D eigenvalue weighted by molar-refractivity contribution is 7.93. The van der Waals surface area contributed by atoms with Crippen LogP contribution in [0.25, 0.3) is 0 Å². The Bertz CT molecular complexity index is 813. The lowest BCUT2D eigenvalue weighted by Crippen LogP contribution is -2.29. The van der Waals surface area contributed by atoms with Crippen LogP contribution in [-0.2, 0) is 16.4 Å². The molecule has 3 rings (SSSR count). The maximum Gasteiger partial charge on any atom is 0.264 e. The Labute approximate surface area is 125 Å². The first-order chi connectivity index (χ1) is 9.91. The fraction of sp³-hybridized carbons (Fsp3) is 0.250. The van der Waals surface area contributed by atoms with Crippen molar-refractivity contribution in [2.45, 2.75) is 25.2 Å². The fourth-order valence-corrected chi connectivity index (χ4v) is 4.59. The van der Waals surface area contributed by atoms with Crippen molar-refractivity contribution < 1.29 is 8.42 Å². The predicted molar refractivity (Wildman–Crippen MR) is 85.0 cm³/mol. The normalized spacial score (nSPS) is 14.3. The number of rotatable bonds is 2. The van der Waals surface area contributed by atoms with Gasteiger partial charge in [0.05, 0.1) is 10.6 Å². The van der Waals surface area contributed by atoms with Gasteiger partial charge >= 0.3 is 0 Å². The number of hydrogen-bond donors (Lipinski definition) is 1. The van der Waals surface area contributed by atoms with Gasteiger partial charge in [0.2, 0.25) is 0 Å². The monoisotopic (exact) mass is 302 g/mol. The first kappa shape index (κ1) is 13.9. The minimum Gasteiger partial charge on any atom is -0.398 e. The third-order valence-electron chi connectivity index (χ3n) is 3.92. The molecule has 0 unspecified atom stereocenters. The number of anilines is 2. The zero-order valence-electron chi connectivity index (χ0n) is 12.1. The molecule has 2 aromatic rings. The van der Waals surface area contributed by atoms with Gasteiger partial charge < -0.3 is 5.73 Å². The fourth-order valence-electron chi connectivity index (χ4n) is 2.89. The minimum atomic E-state index is -3.54. The molecule has 1 aliphatic rings. The van der Waals surface area contributed by atoms with Crippen LogP contribution in [0.15, 0.2) is 41.3 Å². The molecule has 0 atom stereocenters. The van der Waals surface area contributed by atoms with Crippen molar-refractivity contribution in [3.8, 4) is 0 Å². The van der Waals surface area contributed by atoms with Crippen molar-refractivity contribution in [3.05, 3.63) is 53.1 Å². The molecule has 0 amide bonds. The molecule has 0 fully saturated rings. The van der Waals surface area contributed by atoms with Crippen molar-refractivity contribution in [1.29, 1.82) is 0 Å². The SMILES string of the molecule is Cc1ccc(S(=O)(=O)N2CCc3c(N)cccc32)c(C)c1. The zero-order valence-corrected chi connectivity index (χ0v) is 12.9. The lowest BCUT2D eigenvalue weighted by Gasteiger charge is -2.21. The number of sulfonamides is 1. The highest BCUT2D eigenvalue weighted by Gasteiger charge is 2.32. The summed E-state index contributed by atoms with van der Waals surface area (Å²) in [4.78, 5) is 0.364. The van der Waals surface area contributed by atoms with E-state index < -0.39 is 10.0 Å². The van der Waals surface area contributed by atoms with Crippen LogP contribution in [-0.4, -0.2) is 15.0 Å². The van der Waals surface area contributed by atoms with Gasteiger partial charge in [-0.15, -0.1) is 0 Å². The number of benzene rings is 2. The van der Waals surface area contributed by atoms with Gasteiger partial charge in [-0.2, -0.15) is 0 Å². The molecular formula is C16H18N2O2S. The van der Waals surface area contributed by atoms with Gasteiger partial charge in [0, 0.05) is 17.8 Å². The first-order valence-electron chi connectivity index (χ1n) is 6.88. The van der Waals surface area contributed by atoms with Crippen LogP contribution in [0.5, 0.6) is 0 Å². The Morgan fingerprint density at radius 2 is 1.90 bits per heavy atom. The molecule has 1 aliphatic heterocycles. The Kier molecular flexibility index (Phi) is 3.17. The molecule has 0 saturated heterocycles. The van der Waals surface area contributed by atoms with Crippen LogP contribution in [0.3, 0.4) is 0 Å². The second-order valence-electron chi connectivity index (χ2n) is 5.44. The summed E-state index contributed by atoms with van der Waals surface area (Å²) in [7, 11) is -3.54. The average Bonchev–Trinajstić information content (AvgIpc) is 2.84. The van der Waals surface area contributed by atoms with E-state index in [1.54, 1.807) is 12.1 Å². The topological polar surface area (TPSA) is 63.4 Å². The van der Waals surface area contributed by atoms with Gasteiger partial charge in [-0.1, -0.05) is 23.8 Å². The summed E-state index contributed by atoms with van der Waals surface area (Å²) >= 11 is 0. The molecule has 21 heavy (non-hydrogen) atoms. The van der Waals surface area contributed by atoms with E-state index in [-0.39, 0.29) is 0 Å². The van der Waals surface area contributed by atoms with Crippen LogP contribution < -0.4 is 10.0 Å². The molecule has 0 aliphatic carbocycles. The molecule has 0 saturated carbocycles. The summed E-state index contributed by atoms with van der Waals surface area (Å²) in [5.41, 5.74) is 10.1. The smallest absolute Gasteiger partial charge is 0.264 e. The second kappa shape index (κ2) is 4.77. The number of nitrogens with two attached hydrogens (primary N) is 1. The van der Waals surface area contributed by atoms with E-state index in [0.29, 0.717) is 29.2 Å². The number of nitrogen functional groups attached to an aromatic ring is 1. The van der Waals surface area contributed by atoms with Crippen LogP contribution in [0.2, 0.25) is 0 Å². The highest BCUT2D eigenvalue weighted by Crippen LogP contribution is 2.36. The molecule has 0 radical (unpaired) electrons. The molecule has 0 aromatic heterocycles. The Morgan fingerprint density at radius 3 is 2.62 bits per heavy atom. The van der Waals surface area contributed by atoms with Crippen molar-refractivity contribution in [3.63, 3.8) is 0 Å². The molecule has 1 heterocycles. The van der Waals surface area contributed by atoms with Crippen LogP contribution >= 0.6 is 0 Å². The summed E-state index contributed by atoms with van der Waals surface area (Å²) in [6.07, 6.45) is 0.659. The largest absolute Gasteiger partial charge is 0.398 e. The van der Waals surface area contributed by atoms with Gasteiger partial charge in [0.15, 0.2) is 0 Å². The molecule has 0 bridgehead atoms. The minimum absolute atomic E-state index is 0.364. The lowest BCUT2D eigenvalue weighted by atomic mass is 10.1. The molecule has 2 aromatic carbocycles. The predicted octanol–water partition coefficient (Wildman–Crippen LogP) is 2.64. The Morgan fingerprint density at radius 1 is 1.14 bits per heavy atom. The van der Waals surface area contributed by atoms with E-state index in [2.05, 4.69) is 0 Å². The van der Waals surface area contributed by atoms with Crippen molar-refractivity contribution in [2.24, 2.45) is 0 Å². The highest BCUT2D eigenvalue weighted by atomic mass is 32.2. The number of fused-ring (bicyclic) bond motifs is 1. The maximum absolute atomic E-state index is 12.9. The first-order valence-corrected chi connectivity index (χ1v) is 8.32. The summed E-state index contributed by atoms with van der Waals surface area (Å²) < 4.78 is 27.3. The van der Waals surface area contributed by atoms with E-state index in [0.717, 1.165) is 16.7 Å². The lowest BCUT2D eigenvalue weighted by molar-refractivity contribution is 0.591. The standard InChI is InChI=1S/C16H18N2O2S/c1-11-6-7-16(12(2)10-11)21(19,20)18-9-8-13-14(17)4-3-5-15(13)18/h3-7,10H,8-9,17H2,1-2H3. The quantitative estimate of drug-likeness (QED) is 0.867. The third-order valence-corrected chi connectivity index (χ3v) is 5.89. The third kappa shape index (κ3) is 2.17. The van der Waals surface area contributed by atoms with Crippen LogP contribution in [0.4, 0.5) is 11.4 Å². The van der Waals surface area contributed by atoms with E-state index in [9.17, 15) is 8.42 Å². The van der Waals surface area contributed by atoms with E-state index >= 15 is 0 Å². The Balaban J connectivity index is 2.12. The average molecular weight is 302 g/mol. The number of aryl methyl sites for hydroxylation is 2. The van der Waals surface area contributed by atoms with Gasteiger partial charge in [-0.05, 0) is 44.0 Å². The maximum atomic E-state index is 12.9. The summed E-state index contributed by atoms with van der Waals surface area (Å²) in [5, 5.41) is 0. The molecule has 110 valence electrons. The van der Waals surface area contributed by atoms with Gasteiger partial charge in [0.25, 0.3) is 10.0 Å². The molecule has 5 heteroatoms. The van der Waals surface area contributed by atoms with Crippen LogP contribution in [0.1, 0.15) is 16.7 Å². The summed E-state index contributed by atoms with van der Waals surface area (Å²) in [6, 6.07) is 10.8. The zero-order chi connectivity index (χ0) is 15.2. The second-order valence-corrected chi connectivity index (χ2v) is 7.27. The van der Waals surface area contributed by atoms with E-state index in [4.69, 9.17) is 5.73 Å². The summed E-state index contributed by atoms with van der Waals surface area (Å²) in [5.74, 6) is 0. The van der Waals surface area contributed by atoms with Crippen molar-refractivity contribution in [1.82, 2.24) is 0 Å².